The van der Waals surface area contributed by atoms with E-state index in [0.717, 1.165) is 56.5 Å². The third-order valence-corrected chi connectivity index (χ3v) is 7.23. The Morgan fingerprint density at radius 3 is 2.32 bits per heavy atom. The predicted molar refractivity (Wildman–Crippen MR) is 164 cm³/mol. The van der Waals surface area contributed by atoms with Gasteiger partial charge in [0.1, 0.15) is 0 Å². The molecule has 4 nitrogen and oxygen atoms in total. The van der Waals surface area contributed by atoms with Crippen LogP contribution in [-0.2, 0) is 26.5 Å². The van der Waals surface area contributed by atoms with Crippen LogP contribution in [-0.4, -0.2) is 15.0 Å². The molecule has 0 N–H and O–H groups in total. The zero-order valence-electron chi connectivity index (χ0n) is 24.7. The first-order valence-corrected chi connectivity index (χ1v) is 13.8. The van der Waals surface area contributed by atoms with Crippen LogP contribution in [0.1, 0.15) is 47.4 Å². The van der Waals surface area contributed by atoms with Crippen LogP contribution in [0.3, 0.4) is 0 Å². The summed E-state index contributed by atoms with van der Waals surface area (Å²) in [5, 5.41) is 1.97. The van der Waals surface area contributed by atoms with E-state index in [0.29, 0.717) is 5.92 Å². The van der Waals surface area contributed by atoms with Crippen molar-refractivity contribution in [1.82, 2.24) is 15.0 Å². The van der Waals surface area contributed by atoms with Crippen molar-refractivity contribution >= 4 is 21.9 Å². The smallest absolute Gasteiger partial charge is 0.0847 e. The predicted octanol–water partition coefficient (Wildman–Crippen LogP) is 9.13. The van der Waals surface area contributed by atoms with Crippen LogP contribution >= 0.6 is 0 Å². The number of rotatable bonds is 4. The Labute approximate surface area is 256 Å². The third kappa shape index (κ3) is 6.81. The van der Waals surface area contributed by atoms with E-state index in [2.05, 4.69) is 101 Å². The van der Waals surface area contributed by atoms with Gasteiger partial charge in [0.05, 0.1) is 5.58 Å². The maximum absolute atomic E-state index is 5.69. The van der Waals surface area contributed by atoms with Gasteiger partial charge in [0, 0.05) is 55.7 Å². The normalized spacial score (nSPS) is 10.9. The fourth-order valence-corrected chi connectivity index (χ4v) is 4.67. The minimum atomic E-state index is 0. The van der Waals surface area contributed by atoms with Gasteiger partial charge in [-0.15, -0.1) is 41.0 Å². The van der Waals surface area contributed by atoms with Crippen molar-refractivity contribution in [3.8, 4) is 22.5 Å². The fourth-order valence-electron chi connectivity index (χ4n) is 4.67. The van der Waals surface area contributed by atoms with Crippen molar-refractivity contribution in [2.24, 2.45) is 5.92 Å². The van der Waals surface area contributed by atoms with Gasteiger partial charge in [0.2, 0.25) is 0 Å². The number of benzene rings is 2. The van der Waals surface area contributed by atoms with Crippen LogP contribution in [0.5, 0.6) is 0 Å². The number of hydrogen-bond donors (Lipinski definition) is 0. The van der Waals surface area contributed by atoms with Gasteiger partial charge in [0.25, 0.3) is 0 Å². The molecule has 0 unspecified atom stereocenters. The number of aromatic nitrogens is 3. The number of furan rings is 1. The second-order valence-electron chi connectivity index (χ2n) is 11.0. The largest absolute Gasteiger partial charge is 0.506 e. The maximum atomic E-state index is 5.69. The molecule has 0 aliphatic carbocycles. The average Bonchev–Trinajstić information content (AvgIpc) is 3.41. The minimum Gasteiger partial charge on any atom is -0.506 e. The molecule has 0 aliphatic heterocycles. The van der Waals surface area contributed by atoms with Gasteiger partial charge in [-0.05, 0) is 56.5 Å². The van der Waals surface area contributed by atoms with Crippen molar-refractivity contribution in [2.45, 2.75) is 54.9 Å². The van der Waals surface area contributed by atoms with E-state index in [1.165, 1.54) is 27.8 Å². The summed E-state index contributed by atoms with van der Waals surface area (Å²) in [5.74, 6) is 0.565. The van der Waals surface area contributed by atoms with Gasteiger partial charge in [-0.2, -0.15) is 0 Å². The van der Waals surface area contributed by atoms with Crippen LogP contribution in [0.15, 0.2) is 71.6 Å². The minimum absolute atomic E-state index is 0. The van der Waals surface area contributed by atoms with Gasteiger partial charge >= 0.3 is 0 Å². The molecule has 0 amide bonds. The van der Waals surface area contributed by atoms with Crippen LogP contribution in [0.2, 0.25) is 0 Å². The van der Waals surface area contributed by atoms with E-state index in [9.17, 15) is 0 Å². The SMILES string of the molecule is Cc1c[c-]c(-c2cc(C)c(C)cn2)cc1C.Cc1ccnc(-c2[c-]c3ccoc3c3nc(CC(C)C)ccc23)c1.[Ir]. The molecule has 4 heterocycles. The van der Waals surface area contributed by atoms with Crippen molar-refractivity contribution in [3.05, 3.63) is 113 Å². The van der Waals surface area contributed by atoms with Gasteiger partial charge < -0.3 is 9.40 Å². The number of aryl methyl sites for hydroxylation is 5. The quantitative estimate of drug-likeness (QED) is 0.171. The van der Waals surface area contributed by atoms with E-state index < -0.39 is 0 Å². The van der Waals surface area contributed by atoms with E-state index in [-0.39, 0.29) is 20.1 Å². The summed E-state index contributed by atoms with van der Waals surface area (Å²) >= 11 is 0. The summed E-state index contributed by atoms with van der Waals surface area (Å²) in [6, 6.07) is 23.3. The van der Waals surface area contributed by atoms with Crippen LogP contribution in [0.4, 0.5) is 0 Å². The molecule has 0 aliphatic rings. The molecular formula is C36H35IrN3O-2. The summed E-state index contributed by atoms with van der Waals surface area (Å²) in [6.45, 7) is 14.9. The van der Waals surface area contributed by atoms with Gasteiger partial charge in [0.15, 0.2) is 0 Å². The number of nitrogens with zero attached hydrogens (tertiary/aromatic N) is 3. The molecule has 0 fully saturated rings. The molecule has 6 aromatic rings. The molecule has 0 atom stereocenters. The van der Waals surface area contributed by atoms with Crippen molar-refractivity contribution < 1.29 is 24.5 Å². The summed E-state index contributed by atoms with van der Waals surface area (Å²) in [6.07, 6.45) is 6.41. The molecular weight excluding hydrogens is 683 g/mol. The molecule has 41 heavy (non-hydrogen) atoms. The summed E-state index contributed by atoms with van der Waals surface area (Å²) in [5.41, 5.74) is 13.0. The number of fused-ring (bicyclic) bond motifs is 3. The molecule has 4 aromatic heterocycles. The Morgan fingerprint density at radius 2 is 1.61 bits per heavy atom. The first kappa shape index (κ1) is 30.3. The topological polar surface area (TPSA) is 51.8 Å². The monoisotopic (exact) mass is 718 g/mol. The molecule has 5 heteroatoms. The van der Waals surface area contributed by atoms with E-state index in [4.69, 9.17) is 9.40 Å². The molecule has 1 radical (unpaired) electrons. The first-order chi connectivity index (χ1) is 19.2. The van der Waals surface area contributed by atoms with Crippen LogP contribution in [0, 0.1) is 52.7 Å². The van der Waals surface area contributed by atoms with E-state index in [1.807, 2.05) is 30.6 Å². The Bertz CT molecular complexity index is 1770. The summed E-state index contributed by atoms with van der Waals surface area (Å²) < 4.78 is 5.69. The van der Waals surface area contributed by atoms with Crippen molar-refractivity contribution in [3.63, 3.8) is 0 Å². The maximum Gasteiger partial charge on any atom is 0.0847 e. The second kappa shape index (κ2) is 12.9. The summed E-state index contributed by atoms with van der Waals surface area (Å²) in [7, 11) is 0. The van der Waals surface area contributed by atoms with E-state index >= 15 is 0 Å². The molecule has 2 aromatic carbocycles. The fraction of sp³-hybridized carbons (Fsp3) is 0.250. The summed E-state index contributed by atoms with van der Waals surface area (Å²) in [4.78, 5) is 13.9. The Hall–Kier alpha value is -3.66. The van der Waals surface area contributed by atoms with Crippen LogP contribution in [0.25, 0.3) is 44.4 Å². The van der Waals surface area contributed by atoms with Crippen molar-refractivity contribution in [2.75, 3.05) is 0 Å². The molecule has 6 rings (SSSR count). The number of hydrogen-bond acceptors (Lipinski definition) is 4. The van der Waals surface area contributed by atoms with Gasteiger partial charge in [-0.1, -0.05) is 79.4 Å². The van der Waals surface area contributed by atoms with Gasteiger partial charge in [-0.25, -0.2) is 0 Å². The molecule has 0 bridgehead atoms. The first-order valence-electron chi connectivity index (χ1n) is 13.8. The van der Waals surface area contributed by atoms with Crippen LogP contribution < -0.4 is 0 Å². The third-order valence-electron chi connectivity index (χ3n) is 7.23. The molecule has 211 valence electrons. The van der Waals surface area contributed by atoms with Crippen molar-refractivity contribution in [1.29, 1.82) is 0 Å². The Kier molecular flexibility index (Phi) is 9.53. The van der Waals surface area contributed by atoms with Gasteiger partial charge in [-0.3, -0.25) is 9.97 Å². The standard InChI is InChI=1S/C21H19N2O.C15H16N.Ir/c1-13(2)10-16-4-5-17-18(19-11-14(3)6-8-22-19)12-15-7-9-24-21(15)20(17)23-16;1-10-5-6-14(7-11(10)2)15-8-12(3)13(4)9-16-15;/h4-9,11,13H,10H2,1-3H3;5,7-9H,1-4H3;/q2*-1;. The Balaban J connectivity index is 0.000000200. The molecule has 0 saturated carbocycles. The molecule has 0 spiro atoms. The number of pyridine rings is 3. The average molecular weight is 718 g/mol. The zero-order valence-corrected chi connectivity index (χ0v) is 27.1. The Morgan fingerprint density at radius 1 is 0.829 bits per heavy atom. The zero-order chi connectivity index (χ0) is 28.4. The van der Waals surface area contributed by atoms with E-state index in [1.54, 1.807) is 6.26 Å². The second-order valence-corrected chi connectivity index (χ2v) is 11.0. The molecule has 0 saturated heterocycles.